The number of urea groups is 1. The van der Waals surface area contributed by atoms with E-state index in [1.807, 2.05) is 25.1 Å². The molecule has 0 radical (unpaired) electrons. The van der Waals surface area contributed by atoms with Gasteiger partial charge in [-0.2, -0.15) is 20.2 Å². The lowest BCUT2D eigenvalue weighted by Gasteiger charge is -2.20. The highest BCUT2D eigenvalue weighted by atomic mass is 32.2. The Kier molecular flexibility index (Phi) is 11.1. The summed E-state index contributed by atoms with van der Waals surface area (Å²) in [6.07, 6.45) is 1.66. The molecule has 0 aliphatic carbocycles. The molecule has 12 nitrogen and oxygen atoms in total. The molecule has 3 aromatic carbocycles. The number of nitrogens with one attached hydrogen (secondary N) is 3. The average molecular weight is 643 g/mol. The third-order valence-electron chi connectivity index (χ3n) is 6.74. The summed E-state index contributed by atoms with van der Waals surface area (Å²) in [4.78, 5) is 38.2. The van der Waals surface area contributed by atoms with E-state index in [1.54, 1.807) is 54.8 Å². The van der Waals surface area contributed by atoms with Crippen molar-refractivity contribution in [3.63, 3.8) is 0 Å². The zero-order valence-electron chi connectivity index (χ0n) is 24.2. The SMILES string of the molecule is CSCC[C@H](NC(=O)Cc1ccc(NC(=O)Nc2ccccc2C)cc1)S(=O)(=O)OC(=O)[C@H](CN)c1ccc2c(c1)OCO2. The molecule has 5 N–H and O–H groups in total. The summed E-state index contributed by atoms with van der Waals surface area (Å²) in [7, 11) is -4.57. The Morgan fingerprint density at radius 2 is 1.73 bits per heavy atom. The number of hydrogen-bond donors (Lipinski definition) is 4. The minimum atomic E-state index is -4.57. The molecule has 14 heteroatoms. The second kappa shape index (κ2) is 14.9. The van der Waals surface area contributed by atoms with Crippen molar-refractivity contribution in [1.82, 2.24) is 5.32 Å². The molecule has 44 heavy (non-hydrogen) atoms. The van der Waals surface area contributed by atoms with E-state index in [0.717, 1.165) is 5.56 Å². The van der Waals surface area contributed by atoms with Crippen molar-refractivity contribution in [3.8, 4) is 11.5 Å². The molecule has 3 aromatic rings. The number of carbonyl (C=O) groups is 3. The first kappa shape index (κ1) is 32.6. The molecule has 3 amide bonds. The summed E-state index contributed by atoms with van der Waals surface area (Å²) in [5.74, 6) is -1.43. The Morgan fingerprint density at radius 1 is 1.00 bits per heavy atom. The second-order valence-corrected chi connectivity index (χ2v) is 12.6. The van der Waals surface area contributed by atoms with Crippen LogP contribution in [-0.4, -0.2) is 57.0 Å². The van der Waals surface area contributed by atoms with Crippen molar-refractivity contribution in [3.05, 3.63) is 83.4 Å². The summed E-state index contributed by atoms with van der Waals surface area (Å²) in [6.45, 7) is 1.71. The Labute approximate surface area is 260 Å². The number of rotatable bonds is 13. The van der Waals surface area contributed by atoms with Crippen LogP contribution >= 0.6 is 11.8 Å². The summed E-state index contributed by atoms with van der Waals surface area (Å²) < 4.78 is 41.9. The Morgan fingerprint density at radius 3 is 2.43 bits per heavy atom. The number of benzene rings is 3. The van der Waals surface area contributed by atoms with Crippen molar-refractivity contribution in [2.45, 2.75) is 31.1 Å². The largest absolute Gasteiger partial charge is 0.454 e. The third-order valence-corrected chi connectivity index (χ3v) is 8.83. The van der Waals surface area contributed by atoms with Gasteiger partial charge in [-0.3, -0.25) is 9.59 Å². The van der Waals surface area contributed by atoms with E-state index in [0.29, 0.717) is 39.8 Å². The normalized spacial score (nSPS) is 13.4. The van der Waals surface area contributed by atoms with E-state index < -0.39 is 39.3 Å². The first-order valence-corrected chi connectivity index (χ1v) is 16.5. The predicted molar refractivity (Wildman–Crippen MR) is 168 cm³/mol. The molecule has 1 heterocycles. The van der Waals surface area contributed by atoms with Crippen LogP contribution in [0.3, 0.4) is 0 Å². The van der Waals surface area contributed by atoms with Crippen LogP contribution in [0.15, 0.2) is 66.7 Å². The molecule has 0 fully saturated rings. The fraction of sp³-hybridized carbons (Fsp3) is 0.300. The first-order chi connectivity index (χ1) is 21.1. The van der Waals surface area contributed by atoms with Gasteiger partial charge in [0.15, 0.2) is 16.9 Å². The van der Waals surface area contributed by atoms with Gasteiger partial charge >= 0.3 is 22.1 Å². The van der Waals surface area contributed by atoms with Gasteiger partial charge in [0.1, 0.15) is 0 Å². The van der Waals surface area contributed by atoms with Crippen LogP contribution < -0.4 is 31.2 Å². The van der Waals surface area contributed by atoms with Gasteiger partial charge in [-0.1, -0.05) is 36.4 Å². The number of amides is 3. The molecule has 0 spiro atoms. The van der Waals surface area contributed by atoms with E-state index in [2.05, 4.69) is 16.0 Å². The maximum atomic E-state index is 13.2. The standard InChI is InChI=1S/C30H34N4O8S2/c1-19-5-3-4-6-24(19)33-30(37)32-22-10-7-20(8-11-22)15-27(35)34-28(13-14-43-2)44(38,39)42-29(36)23(17-31)21-9-12-25-26(16-21)41-18-40-25/h3-12,16,23,28H,13-15,17-18,31H2,1-2H3,(H,34,35)(H2,32,33,37)/t23-,28-/m1/s1. The van der Waals surface area contributed by atoms with Gasteiger partial charge in [0.25, 0.3) is 0 Å². The van der Waals surface area contributed by atoms with E-state index in [1.165, 1.54) is 11.8 Å². The molecule has 2 atom stereocenters. The number of fused-ring (bicyclic) bond motifs is 1. The lowest BCUT2D eigenvalue weighted by molar-refractivity contribution is -0.135. The van der Waals surface area contributed by atoms with Crippen molar-refractivity contribution in [1.29, 1.82) is 0 Å². The van der Waals surface area contributed by atoms with Crippen molar-refractivity contribution < 1.29 is 36.5 Å². The zero-order valence-corrected chi connectivity index (χ0v) is 25.8. The fourth-order valence-electron chi connectivity index (χ4n) is 4.36. The van der Waals surface area contributed by atoms with Crippen LogP contribution in [0.5, 0.6) is 11.5 Å². The molecule has 1 aliphatic rings. The highest BCUT2D eigenvalue weighted by Gasteiger charge is 2.34. The molecule has 0 saturated heterocycles. The summed E-state index contributed by atoms with van der Waals surface area (Å²) in [5, 5.41) is 6.53. The van der Waals surface area contributed by atoms with Gasteiger partial charge < -0.3 is 35.3 Å². The monoisotopic (exact) mass is 642 g/mol. The van der Waals surface area contributed by atoms with Crippen molar-refractivity contribution >= 4 is 51.2 Å². The van der Waals surface area contributed by atoms with E-state index >= 15 is 0 Å². The van der Waals surface area contributed by atoms with Gasteiger partial charge in [0, 0.05) is 17.9 Å². The number of nitrogens with two attached hydrogens (primary N) is 1. The van der Waals surface area contributed by atoms with Crippen LogP contribution in [0.2, 0.25) is 0 Å². The van der Waals surface area contributed by atoms with Crippen LogP contribution in [0.25, 0.3) is 0 Å². The summed E-state index contributed by atoms with van der Waals surface area (Å²) >= 11 is 1.38. The molecule has 4 rings (SSSR count). The van der Waals surface area contributed by atoms with Crippen LogP contribution in [-0.2, 0) is 30.3 Å². The topological polar surface area (TPSA) is 175 Å². The molecular weight excluding hydrogens is 608 g/mol. The number of anilines is 2. The van der Waals surface area contributed by atoms with Gasteiger partial charge in [-0.05, 0) is 72.4 Å². The zero-order chi connectivity index (χ0) is 31.7. The number of para-hydroxylation sites is 1. The Bertz CT molecular complexity index is 1600. The third kappa shape index (κ3) is 8.65. The smallest absolute Gasteiger partial charge is 0.333 e. The predicted octanol–water partition coefficient (Wildman–Crippen LogP) is 3.72. The number of aryl methyl sites for hydroxylation is 1. The maximum Gasteiger partial charge on any atom is 0.333 e. The quantitative estimate of drug-likeness (QED) is 0.201. The molecule has 234 valence electrons. The molecule has 0 unspecified atom stereocenters. The fourth-order valence-corrected chi connectivity index (χ4v) is 6.13. The minimum absolute atomic E-state index is 0.0126. The van der Waals surface area contributed by atoms with E-state index in [-0.39, 0.29) is 26.2 Å². The lowest BCUT2D eigenvalue weighted by atomic mass is 9.99. The second-order valence-electron chi connectivity index (χ2n) is 9.90. The highest BCUT2D eigenvalue weighted by molar-refractivity contribution is 7.98. The van der Waals surface area contributed by atoms with Gasteiger partial charge in [-0.25, -0.2) is 4.79 Å². The van der Waals surface area contributed by atoms with Gasteiger partial charge in [0.2, 0.25) is 12.7 Å². The summed E-state index contributed by atoms with van der Waals surface area (Å²) in [5.41, 5.74) is 8.90. The Balaban J connectivity index is 1.36. The van der Waals surface area contributed by atoms with Crippen molar-refractivity contribution in [2.24, 2.45) is 5.73 Å². The number of ether oxygens (including phenoxy) is 2. The van der Waals surface area contributed by atoms with Gasteiger partial charge in [0.05, 0.1) is 12.3 Å². The van der Waals surface area contributed by atoms with Gasteiger partial charge in [-0.15, -0.1) is 0 Å². The molecular formula is C30H34N4O8S2. The lowest BCUT2D eigenvalue weighted by Crippen LogP contribution is -2.44. The van der Waals surface area contributed by atoms with E-state index in [9.17, 15) is 22.8 Å². The minimum Gasteiger partial charge on any atom is -0.454 e. The number of thioether (sulfide) groups is 1. The molecule has 0 bridgehead atoms. The Hall–Kier alpha value is -4.27. The highest BCUT2D eigenvalue weighted by Crippen LogP contribution is 2.35. The molecule has 1 aliphatic heterocycles. The van der Waals surface area contributed by atoms with E-state index in [4.69, 9.17) is 19.4 Å². The van der Waals surface area contributed by atoms with Crippen LogP contribution in [0, 0.1) is 6.92 Å². The average Bonchev–Trinajstić information content (AvgIpc) is 3.46. The first-order valence-electron chi connectivity index (χ1n) is 13.7. The van der Waals surface area contributed by atoms with Crippen molar-refractivity contribution in [2.75, 3.05) is 36.0 Å². The number of hydrogen-bond acceptors (Lipinski definition) is 10. The maximum absolute atomic E-state index is 13.2. The molecule has 0 saturated carbocycles. The molecule has 0 aromatic heterocycles. The summed E-state index contributed by atoms with van der Waals surface area (Å²) in [6, 6.07) is 18.2. The number of carbonyl (C=O) groups excluding carboxylic acids is 3. The van der Waals surface area contributed by atoms with Crippen LogP contribution in [0.4, 0.5) is 16.2 Å². The van der Waals surface area contributed by atoms with Crippen LogP contribution in [0.1, 0.15) is 29.0 Å².